The Morgan fingerprint density at radius 2 is 2.24 bits per heavy atom. The number of anilines is 1. The molecule has 0 heterocycles. The van der Waals surface area contributed by atoms with Crippen molar-refractivity contribution in [1.29, 1.82) is 0 Å². The van der Waals surface area contributed by atoms with Crippen molar-refractivity contribution in [3.05, 3.63) is 21.8 Å². The topological polar surface area (TPSA) is 69.6 Å². The van der Waals surface area contributed by atoms with Gasteiger partial charge in [0.2, 0.25) is 0 Å². The van der Waals surface area contributed by atoms with E-state index < -0.39 is 12.0 Å². The first-order chi connectivity index (χ1) is 8.04. The van der Waals surface area contributed by atoms with E-state index in [2.05, 4.69) is 5.32 Å². The van der Waals surface area contributed by atoms with Crippen LogP contribution in [0.4, 0.5) is 5.69 Å². The maximum absolute atomic E-state index is 11.6. The van der Waals surface area contributed by atoms with E-state index in [9.17, 15) is 15.0 Å². The van der Waals surface area contributed by atoms with Crippen molar-refractivity contribution in [2.45, 2.75) is 32.3 Å². The maximum atomic E-state index is 11.6. The van der Waals surface area contributed by atoms with Crippen molar-refractivity contribution < 1.29 is 15.0 Å². The summed E-state index contributed by atoms with van der Waals surface area (Å²) in [7, 11) is 0. The third-order valence-electron chi connectivity index (χ3n) is 2.34. The number of unbranched alkanes of at least 4 members (excludes halogenated alkanes) is 1. The zero-order chi connectivity index (χ0) is 12.8. The monoisotopic (exact) mass is 349 g/mol. The summed E-state index contributed by atoms with van der Waals surface area (Å²) >= 11 is 2.02. The molecule has 1 aromatic carbocycles. The van der Waals surface area contributed by atoms with Crippen molar-refractivity contribution in [2.75, 3.05) is 5.32 Å². The molecule has 0 aromatic heterocycles. The van der Waals surface area contributed by atoms with Gasteiger partial charge in [0.1, 0.15) is 11.9 Å². The quantitative estimate of drug-likeness (QED) is 0.565. The maximum Gasteiger partial charge on any atom is 0.253 e. The summed E-state index contributed by atoms with van der Waals surface area (Å²) < 4.78 is 0.735. The molecule has 1 amide bonds. The molecule has 0 spiro atoms. The Balaban J connectivity index is 2.61. The van der Waals surface area contributed by atoms with Crippen LogP contribution in [0.3, 0.4) is 0 Å². The Hall–Kier alpha value is -0.820. The van der Waals surface area contributed by atoms with Gasteiger partial charge in [-0.05, 0) is 47.2 Å². The van der Waals surface area contributed by atoms with Crippen LogP contribution in [0, 0.1) is 3.57 Å². The van der Waals surface area contributed by atoms with Crippen LogP contribution in [0.2, 0.25) is 0 Å². The highest BCUT2D eigenvalue weighted by atomic mass is 127. The van der Waals surface area contributed by atoms with Crippen LogP contribution in [-0.4, -0.2) is 22.2 Å². The van der Waals surface area contributed by atoms with Gasteiger partial charge >= 0.3 is 0 Å². The molecule has 94 valence electrons. The number of carbonyl (C=O) groups excluding carboxylic acids is 1. The van der Waals surface area contributed by atoms with E-state index in [-0.39, 0.29) is 5.75 Å². The van der Waals surface area contributed by atoms with Crippen LogP contribution < -0.4 is 5.32 Å². The Bertz CT molecular complexity index is 395. The average Bonchev–Trinajstić information content (AvgIpc) is 2.29. The number of phenolic OH excluding ortho intramolecular Hbond substituents is 1. The lowest BCUT2D eigenvalue weighted by Crippen LogP contribution is -2.27. The van der Waals surface area contributed by atoms with Crippen LogP contribution in [0.1, 0.15) is 26.2 Å². The number of nitrogens with one attached hydrogen (secondary N) is 1. The summed E-state index contributed by atoms with van der Waals surface area (Å²) in [6.45, 7) is 2.01. The number of hydrogen-bond acceptors (Lipinski definition) is 3. The van der Waals surface area contributed by atoms with Gasteiger partial charge in [0.15, 0.2) is 0 Å². The zero-order valence-electron chi connectivity index (χ0n) is 9.61. The van der Waals surface area contributed by atoms with Gasteiger partial charge in [-0.3, -0.25) is 4.79 Å². The van der Waals surface area contributed by atoms with Gasteiger partial charge in [-0.1, -0.05) is 19.8 Å². The van der Waals surface area contributed by atoms with Crippen molar-refractivity contribution in [2.24, 2.45) is 0 Å². The SMILES string of the molecule is CCCC[C@@H](O)C(=O)Nc1ccc(O)cc1I. The number of aromatic hydroxyl groups is 1. The first kappa shape index (κ1) is 14.2. The molecule has 17 heavy (non-hydrogen) atoms. The van der Waals surface area contributed by atoms with Gasteiger partial charge in [0, 0.05) is 3.57 Å². The molecule has 0 saturated carbocycles. The van der Waals surface area contributed by atoms with Crippen LogP contribution in [-0.2, 0) is 4.79 Å². The second kappa shape index (κ2) is 6.80. The fraction of sp³-hybridized carbons (Fsp3) is 0.417. The normalized spacial score (nSPS) is 12.2. The van der Waals surface area contributed by atoms with Crippen molar-refractivity contribution in [3.63, 3.8) is 0 Å². The molecule has 0 aliphatic heterocycles. The fourth-order valence-electron chi connectivity index (χ4n) is 1.35. The minimum absolute atomic E-state index is 0.152. The van der Waals surface area contributed by atoms with Crippen LogP contribution >= 0.6 is 22.6 Å². The molecule has 5 heteroatoms. The van der Waals surface area contributed by atoms with E-state index in [0.717, 1.165) is 16.4 Å². The molecule has 0 aliphatic rings. The second-order valence-corrected chi connectivity index (χ2v) is 4.97. The number of carbonyl (C=O) groups is 1. The summed E-state index contributed by atoms with van der Waals surface area (Å²) in [6, 6.07) is 4.66. The van der Waals surface area contributed by atoms with Crippen molar-refractivity contribution >= 4 is 34.2 Å². The molecule has 0 radical (unpaired) electrons. The van der Waals surface area contributed by atoms with Crippen molar-refractivity contribution in [1.82, 2.24) is 0 Å². The Labute approximate surface area is 114 Å². The number of phenols is 1. The van der Waals surface area contributed by atoms with Gasteiger partial charge in [-0.25, -0.2) is 0 Å². The van der Waals surface area contributed by atoms with E-state index in [1.807, 2.05) is 29.5 Å². The fourth-order valence-corrected chi connectivity index (χ4v) is 1.98. The molecule has 0 unspecified atom stereocenters. The molecule has 0 bridgehead atoms. The van der Waals surface area contributed by atoms with Crippen LogP contribution in [0.25, 0.3) is 0 Å². The largest absolute Gasteiger partial charge is 0.508 e. The zero-order valence-corrected chi connectivity index (χ0v) is 11.8. The summed E-state index contributed by atoms with van der Waals surface area (Å²) in [5.41, 5.74) is 0.601. The van der Waals surface area contributed by atoms with Crippen LogP contribution in [0.5, 0.6) is 5.75 Å². The van der Waals surface area contributed by atoms with Crippen LogP contribution in [0.15, 0.2) is 18.2 Å². The van der Waals surface area contributed by atoms with Gasteiger partial charge in [-0.2, -0.15) is 0 Å². The molecule has 3 N–H and O–H groups in total. The summed E-state index contributed by atoms with van der Waals surface area (Å²) in [5.74, 6) is -0.249. The number of hydrogen-bond donors (Lipinski definition) is 3. The lowest BCUT2D eigenvalue weighted by molar-refractivity contribution is -0.124. The lowest BCUT2D eigenvalue weighted by atomic mass is 10.1. The number of rotatable bonds is 5. The van der Waals surface area contributed by atoms with Crippen molar-refractivity contribution in [3.8, 4) is 5.75 Å². The minimum Gasteiger partial charge on any atom is -0.508 e. The van der Waals surface area contributed by atoms with E-state index in [0.29, 0.717) is 12.1 Å². The number of aliphatic hydroxyl groups excluding tert-OH is 1. The summed E-state index contributed by atoms with van der Waals surface area (Å²) in [6.07, 6.45) is 1.26. The third-order valence-corrected chi connectivity index (χ3v) is 3.24. The average molecular weight is 349 g/mol. The predicted molar refractivity (Wildman–Crippen MR) is 75.0 cm³/mol. The number of halogens is 1. The first-order valence-electron chi connectivity index (χ1n) is 5.52. The van der Waals surface area contributed by atoms with E-state index in [1.165, 1.54) is 6.07 Å². The van der Waals surface area contributed by atoms with Gasteiger partial charge in [-0.15, -0.1) is 0 Å². The summed E-state index contributed by atoms with van der Waals surface area (Å²) in [4.78, 5) is 11.6. The third kappa shape index (κ3) is 4.51. The molecule has 0 fully saturated rings. The second-order valence-electron chi connectivity index (χ2n) is 3.81. The predicted octanol–water partition coefficient (Wildman–Crippen LogP) is 2.49. The number of aliphatic hydroxyl groups is 1. The van der Waals surface area contributed by atoms with Gasteiger partial charge in [0.05, 0.1) is 5.69 Å². The molecular weight excluding hydrogens is 333 g/mol. The highest BCUT2D eigenvalue weighted by molar-refractivity contribution is 14.1. The molecule has 4 nitrogen and oxygen atoms in total. The standard InChI is InChI=1S/C12H16INO3/c1-2-3-4-11(16)12(17)14-10-6-5-8(15)7-9(10)13/h5-7,11,15-16H,2-4H2,1H3,(H,14,17)/t11-/m1/s1. The minimum atomic E-state index is -0.973. The number of benzene rings is 1. The molecule has 0 saturated heterocycles. The molecule has 1 rings (SSSR count). The highest BCUT2D eigenvalue weighted by Crippen LogP contribution is 2.23. The Kier molecular flexibility index (Phi) is 5.70. The first-order valence-corrected chi connectivity index (χ1v) is 6.60. The molecular formula is C12H16INO3. The van der Waals surface area contributed by atoms with E-state index in [1.54, 1.807) is 12.1 Å². The lowest BCUT2D eigenvalue weighted by Gasteiger charge is -2.12. The summed E-state index contributed by atoms with van der Waals surface area (Å²) in [5, 5.41) is 21.5. The van der Waals surface area contributed by atoms with E-state index >= 15 is 0 Å². The Morgan fingerprint density at radius 1 is 1.53 bits per heavy atom. The molecule has 1 aromatic rings. The molecule has 1 atom stereocenters. The van der Waals surface area contributed by atoms with E-state index in [4.69, 9.17) is 0 Å². The van der Waals surface area contributed by atoms with Gasteiger partial charge < -0.3 is 15.5 Å². The smallest absolute Gasteiger partial charge is 0.253 e. The number of amides is 1. The molecule has 0 aliphatic carbocycles. The van der Waals surface area contributed by atoms with Gasteiger partial charge in [0.25, 0.3) is 5.91 Å². The Morgan fingerprint density at radius 3 is 2.82 bits per heavy atom. The highest BCUT2D eigenvalue weighted by Gasteiger charge is 2.15.